The number of aromatic nitrogens is 1. The maximum Gasteiger partial charge on any atom is 0.494 e. The first kappa shape index (κ1) is 24.8. The number of fused-ring (bicyclic) bond motifs is 1. The second-order valence-corrected chi connectivity index (χ2v) is 11.1. The molecule has 2 aliphatic heterocycles. The molecule has 3 heterocycles. The molecule has 2 atom stereocenters. The molecule has 0 spiro atoms. The number of benzene rings is 2. The van der Waals surface area contributed by atoms with Gasteiger partial charge in [-0.2, -0.15) is 0 Å². The van der Waals surface area contributed by atoms with Crippen LogP contribution in [0.25, 0.3) is 10.2 Å². The Morgan fingerprint density at radius 1 is 1.25 bits per heavy atom. The van der Waals surface area contributed by atoms with Crippen molar-refractivity contribution in [3.8, 4) is 0 Å². The van der Waals surface area contributed by atoms with Crippen LogP contribution in [0, 0.1) is 0 Å². The van der Waals surface area contributed by atoms with Gasteiger partial charge in [-0.15, -0.1) is 23.1 Å². The number of carbonyl (C=O) groups is 2. The van der Waals surface area contributed by atoms with Crippen LogP contribution in [-0.2, 0) is 25.4 Å². The molecule has 2 aliphatic rings. The van der Waals surface area contributed by atoms with Gasteiger partial charge in [0.05, 0.1) is 21.9 Å². The molecule has 0 saturated carbocycles. The number of amides is 1. The van der Waals surface area contributed by atoms with Gasteiger partial charge >= 0.3 is 19.2 Å². The van der Waals surface area contributed by atoms with E-state index in [0.717, 1.165) is 21.2 Å². The standard InChI is InChI=1S/C24H24BN3O6S2/c1-13-24(2,3)34-25(33-13)15-6-4-14(5-7-15)11-32-23(31)26-16-8-9-17-19(10-16)36-21(27-17)20-28-18(12-35-20)22(29)30/h4-10,13,18H,11-12H2,1-3H3,(H,26,31)(H,29,30)/t13-,18-/m1/s1. The molecule has 5 rings (SSSR count). The first-order valence-electron chi connectivity index (χ1n) is 11.4. The Bertz CT molecular complexity index is 1340. The maximum absolute atomic E-state index is 12.4. The van der Waals surface area contributed by atoms with E-state index in [0.29, 0.717) is 21.5 Å². The minimum absolute atomic E-state index is 0.00961. The summed E-state index contributed by atoms with van der Waals surface area (Å²) in [6, 6.07) is 12.2. The molecule has 36 heavy (non-hydrogen) atoms. The summed E-state index contributed by atoms with van der Waals surface area (Å²) in [5.74, 6) is -0.531. The number of carboxylic acids is 1. The van der Waals surface area contributed by atoms with Crippen LogP contribution in [0.15, 0.2) is 47.5 Å². The Morgan fingerprint density at radius 3 is 2.69 bits per heavy atom. The molecule has 9 nitrogen and oxygen atoms in total. The molecule has 186 valence electrons. The highest BCUT2D eigenvalue weighted by atomic mass is 32.2. The molecule has 0 aliphatic carbocycles. The molecule has 2 aromatic carbocycles. The lowest BCUT2D eigenvalue weighted by molar-refractivity contribution is -0.137. The molecule has 12 heteroatoms. The fourth-order valence-corrected chi connectivity index (χ4v) is 5.78. The van der Waals surface area contributed by atoms with Crippen molar-refractivity contribution >= 4 is 68.7 Å². The van der Waals surface area contributed by atoms with Gasteiger partial charge in [-0.05, 0) is 50.0 Å². The summed E-state index contributed by atoms with van der Waals surface area (Å²) in [5, 5.41) is 13.2. The van der Waals surface area contributed by atoms with Crippen LogP contribution in [0.4, 0.5) is 10.5 Å². The quantitative estimate of drug-likeness (QED) is 0.465. The number of aliphatic carboxylic acids is 1. The van der Waals surface area contributed by atoms with E-state index in [1.807, 2.05) is 51.1 Å². The van der Waals surface area contributed by atoms with Gasteiger partial charge in [-0.25, -0.2) is 14.6 Å². The number of ether oxygens (including phenoxy) is 1. The van der Waals surface area contributed by atoms with Gasteiger partial charge < -0.3 is 19.2 Å². The SMILES string of the molecule is C[C@H]1OB(c2ccc(COC(=O)Nc3ccc4nc(C5=N[C@@H](C(=O)O)CS5)sc4c3)cc2)OC1(C)C. The molecule has 1 saturated heterocycles. The van der Waals surface area contributed by atoms with Crippen molar-refractivity contribution in [3.63, 3.8) is 0 Å². The van der Waals surface area contributed by atoms with E-state index >= 15 is 0 Å². The van der Waals surface area contributed by atoms with Crippen molar-refractivity contribution in [2.75, 3.05) is 11.1 Å². The van der Waals surface area contributed by atoms with Crippen LogP contribution >= 0.6 is 23.1 Å². The predicted molar refractivity (Wildman–Crippen MR) is 141 cm³/mol. The number of anilines is 1. The van der Waals surface area contributed by atoms with Crippen LogP contribution in [0.3, 0.4) is 0 Å². The van der Waals surface area contributed by atoms with Crippen molar-refractivity contribution in [2.45, 2.75) is 45.1 Å². The molecular formula is C24H24BN3O6S2. The molecular weight excluding hydrogens is 501 g/mol. The van der Waals surface area contributed by atoms with Gasteiger partial charge in [0.1, 0.15) is 16.7 Å². The third kappa shape index (κ3) is 5.26. The third-order valence-electron chi connectivity index (χ3n) is 6.09. The Kier molecular flexibility index (Phi) is 6.77. The number of hydrogen-bond acceptors (Lipinski definition) is 9. The topological polar surface area (TPSA) is 119 Å². The second kappa shape index (κ2) is 9.85. The fourth-order valence-electron chi connectivity index (χ4n) is 3.68. The van der Waals surface area contributed by atoms with Crippen molar-refractivity contribution in [3.05, 3.63) is 53.0 Å². The zero-order chi connectivity index (χ0) is 25.4. The predicted octanol–water partition coefficient (Wildman–Crippen LogP) is 3.90. The summed E-state index contributed by atoms with van der Waals surface area (Å²) >= 11 is 2.79. The number of thioether (sulfide) groups is 1. The largest absolute Gasteiger partial charge is 0.494 e. The summed E-state index contributed by atoms with van der Waals surface area (Å²) in [6.45, 7) is 6.12. The third-order valence-corrected chi connectivity index (χ3v) is 8.30. The Balaban J connectivity index is 1.17. The van der Waals surface area contributed by atoms with E-state index in [1.54, 1.807) is 12.1 Å². The number of thiazole rings is 1. The first-order chi connectivity index (χ1) is 17.2. The minimum atomic E-state index is -0.935. The minimum Gasteiger partial charge on any atom is -0.480 e. The first-order valence-corrected chi connectivity index (χ1v) is 13.2. The van der Waals surface area contributed by atoms with Gasteiger partial charge in [0.2, 0.25) is 0 Å². The van der Waals surface area contributed by atoms with Crippen molar-refractivity contribution in [1.82, 2.24) is 4.98 Å². The molecule has 0 bridgehead atoms. The highest BCUT2D eigenvalue weighted by Gasteiger charge is 2.43. The molecule has 3 aromatic rings. The Morgan fingerprint density at radius 2 is 2.03 bits per heavy atom. The number of carboxylic acid groups (broad SMARTS) is 1. The van der Waals surface area contributed by atoms with E-state index in [4.69, 9.17) is 19.2 Å². The molecule has 0 radical (unpaired) electrons. The van der Waals surface area contributed by atoms with Crippen LogP contribution < -0.4 is 10.8 Å². The smallest absolute Gasteiger partial charge is 0.480 e. The van der Waals surface area contributed by atoms with Crippen molar-refractivity contribution in [1.29, 1.82) is 0 Å². The number of carbonyl (C=O) groups excluding carboxylic acids is 1. The molecule has 1 aromatic heterocycles. The average molecular weight is 525 g/mol. The molecule has 1 amide bonds. The highest BCUT2D eigenvalue weighted by Crippen LogP contribution is 2.31. The van der Waals surface area contributed by atoms with Crippen LogP contribution in [0.1, 0.15) is 31.3 Å². The van der Waals surface area contributed by atoms with Gasteiger partial charge in [0.25, 0.3) is 0 Å². The summed E-state index contributed by atoms with van der Waals surface area (Å²) in [5.41, 5.74) is 2.75. The number of aliphatic imine (C=N–C) groups is 1. The average Bonchev–Trinajstić information content (AvgIpc) is 3.55. The zero-order valence-corrected chi connectivity index (χ0v) is 21.5. The van der Waals surface area contributed by atoms with E-state index in [2.05, 4.69) is 15.3 Å². The number of rotatable bonds is 6. The number of nitrogens with zero attached hydrogens (tertiary/aromatic N) is 2. The van der Waals surface area contributed by atoms with E-state index in [1.165, 1.54) is 23.1 Å². The molecule has 0 unspecified atom stereocenters. The number of hydrogen-bond donors (Lipinski definition) is 2. The lowest BCUT2D eigenvalue weighted by atomic mass is 9.79. The van der Waals surface area contributed by atoms with Crippen LogP contribution in [-0.4, -0.2) is 57.8 Å². The van der Waals surface area contributed by atoms with Gasteiger partial charge in [-0.3, -0.25) is 10.3 Å². The van der Waals surface area contributed by atoms with Gasteiger partial charge in [-0.1, -0.05) is 24.3 Å². The van der Waals surface area contributed by atoms with Gasteiger partial charge in [0, 0.05) is 11.4 Å². The number of nitrogens with one attached hydrogen (secondary N) is 1. The zero-order valence-electron chi connectivity index (χ0n) is 19.9. The fraction of sp³-hybridized carbons (Fsp3) is 0.333. The summed E-state index contributed by atoms with van der Waals surface area (Å²) in [4.78, 5) is 32.3. The van der Waals surface area contributed by atoms with Gasteiger partial charge in [0.15, 0.2) is 6.04 Å². The van der Waals surface area contributed by atoms with E-state index < -0.39 is 25.2 Å². The monoisotopic (exact) mass is 525 g/mol. The molecule has 2 N–H and O–H groups in total. The van der Waals surface area contributed by atoms with E-state index in [9.17, 15) is 9.59 Å². The molecule has 1 fully saturated rings. The normalized spacial score (nSPS) is 21.0. The van der Waals surface area contributed by atoms with Crippen molar-refractivity contribution < 1.29 is 28.7 Å². The maximum atomic E-state index is 12.4. The highest BCUT2D eigenvalue weighted by molar-refractivity contribution is 8.15. The Hall–Kier alpha value is -2.93. The Labute approximate surface area is 216 Å². The van der Waals surface area contributed by atoms with Crippen LogP contribution in [0.5, 0.6) is 0 Å². The summed E-state index contributed by atoms with van der Waals surface area (Å²) in [7, 11) is -0.409. The lowest BCUT2D eigenvalue weighted by Gasteiger charge is -2.21. The summed E-state index contributed by atoms with van der Waals surface area (Å²) in [6.07, 6.45) is -0.578. The summed E-state index contributed by atoms with van der Waals surface area (Å²) < 4.78 is 18.1. The second-order valence-electron chi connectivity index (χ2n) is 9.08. The van der Waals surface area contributed by atoms with Crippen molar-refractivity contribution in [2.24, 2.45) is 4.99 Å². The van der Waals surface area contributed by atoms with Crippen LogP contribution in [0.2, 0.25) is 0 Å². The lowest BCUT2D eigenvalue weighted by Crippen LogP contribution is -2.34. The van der Waals surface area contributed by atoms with E-state index in [-0.39, 0.29) is 18.3 Å².